The molecule has 0 spiro atoms. The van der Waals surface area contributed by atoms with E-state index in [1.54, 1.807) is 4.90 Å². The molecule has 1 aliphatic heterocycles. The van der Waals surface area contributed by atoms with Crippen LogP contribution < -0.4 is 5.73 Å². The van der Waals surface area contributed by atoms with E-state index >= 15 is 0 Å². The number of carbonyl (C=O) groups excluding carboxylic acids is 1. The molecule has 0 aromatic heterocycles. The van der Waals surface area contributed by atoms with E-state index in [-0.39, 0.29) is 31.5 Å². The van der Waals surface area contributed by atoms with Crippen LogP contribution in [0.2, 0.25) is 0 Å². The lowest BCUT2D eigenvalue weighted by molar-refractivity contribution is -0.130. The maximum Gasteiger partial charge on any atom is 0.223 e. The number of nitrogens with two attached hydrogens (primary N) is 1. The molecule has 0 aromatic carbocycles. The molecular weight excluding hydrogens is 230 g/mol. The standard InChI is InChI=1S/C9H19N3O3S/c1-3-11-7-8(6-10)12(16(2,14)15)5-4-9(11)13/h8H,3-7,10H2,1-2H3/t8-/m1/s1. The van der Waals surface area contributed by atoms with E-state index in [2.05, 4.69) is 0 Å². The first-order chi connectivity index (χ1) is 7.40. The summed E-state index contributed by atoms with van der Waals surface area (Å²) in [4.78, 5) is 13.3. The van der Waals surface area contributed by atoms with Crippen LogP contribution in [0.3, 0.4) is 0 Å². The second-order valence-electron chi connectivity index (χ2n) is 3.95. The Balaban J connectivity index is 2.93. The summed E-state index contributed by atoms with van der Waals surface area (Å²) in [6.45, 7) is 3.32. The van der Waals surface area contributed by atoms with E-state index in [9.17, 15) is 13.2 Å². The van der Waals surface area contributed by atoms with E-state index in [4.69, 9.17) is 5.73 Å². The van der Waals surface area contributed by atoms with Crippen LogP contribution in [0, 0.1) is 0 Å². The van der Waals surface area contributed by atoms with Gasteiger partial charge >= 0.3 is 0 Å². The molecule has 0 saturated carbocycles. The summed E-state index contributed by atoms with van der Waals surface area (Å²) in [5.41, 5.74) is 5.58. The summed E-state index contributed by atoms with van der Waals surface area (Å²) >= 11 is 0. The number of amides is 1. The molecule has 1 rings (SSSR count). The SMILES string of the molecule is CCN1C[C@@H](CN)N(S(C)(=O)=O)CCC1=O. The normalized spacial score (nSPS) is 24.6. The lowest BCUT2D eigenvalue weighted by atomic mass is 10.3. The van der Waals surface area contributed by atoms with Crippen LogP contribution >= 0.6 is 0 Å². The Morgan fingerprint density at radius 1 is 1.50 bits per heavy atom. The maximum atomic E-state index is 11.6. The van der Waals surface area contributed by atoms with Crippen LogP contribution in [0.1, 0.15) is 13.3 Å². The minimum atomic E-state index is -3.29. The van der Waals surface area contributed by atoms with E-state index in [1.807, 2.05) is 6.92 Å². The van der Waals surface area contributed by atoms with Gasteiger partial charge in [0.05, 0.1) is 12.3 Å². The highest BCUT2D eigenvalue weighted by atomic mass is 32.2. The second-order valence-corrected chi connectivity index (χ2v) is 5.88. The third kappa shape index (κ3) is 2.93. The van der Waals surface area contributed by atoms with Crippen LogP contribution in [0.15, 0.2) is 0 Å². The van der Waals surface area contributed by atoms with Gasteiger partial charge in [0.15, 0.2) is 0 Å². The minimum absolute atomic E-state index is 0.00731. The van der Waals surface area contributed by atoms with Gasteiger partial charge in [-0.15, -0.1) is 0 Å². The van der Waals surface area contributed by atoms with Crippen molar-refractivity contribution in [2.75, 3.05) is 32.4 Å². The largest absolute Gasteiger partial charge is 0.341 e. The Morgan fingerprint density at radius 3 is 2.56 bits per heavy atom. The quantitative estimate of drug-likeness (QED) is 0.683. The number of sulfonamides is 1. The van der Waals surface area contributed by atoms with Gasteiger partial charge < -0.3 is 10.6 Å². The predicted octanol–water partition coefficient (Wildman–Crippen LogP) is -1.17. The Kier molecular flexibility index (Phi) is 4.28. The molecule has 94 valence electrons. The van der Waals surface area contributed by atoms with Gasteiger partial charge in [-0.05, 0) is 6.92 Å². The van der Waals surface area contributed by atoms with Gasteiger partial charge in [-0.3, -0.25) is 4.79 Å². The van der Waals surface area contributed by atoms with Gasteiger partial charge in [-0.2, -0.15) is 4.31 Å². The molecule has 0 aliphatic carbocycles. The number of hydrogen-bond donors (Lipinski definition) is 1. The number of nitrogens with zero attached hydrogens (tertiary/aromatic N) is 2. The average Bonchev–Trinajstić information content (AvgIpc) is 2.36. The predicted molar refractivity (Wildman–Crippen MR) is 61.3 cm³/mol. The topological polar surface area (TPSA) is 83.7 Å². The summed E-state index contributed by atoms with van der Waals surface area (Å²) in [7, 11) is -3.29. The highest BCUT2D eigenvalue weighted by Gasteiger charge is 2.32. The van der Waals surface area contributed by atoms with Crippen molar-refractivity contribution in [3.05, 3.63) is 0 Å². The van der Waals surface area contributed by atoms with Crippen molar-refractivity contribution in [2.24, 2.45) is 5.73 Å². The average molecular weight is 249 g/mol. The number of carbonyl (C=O) groups is 1. The summed E-state index contributed by atoms with van der Waals surface area (Å²) in [6.07, 6.45) is 1.39. The monoisotopic (exact) mass is 249 g/mol. The fourth-order valence-electron chi connectivity index (χ4n) is 1.93. The molecule has 0 radical (unpaired) electrons. The van der Waals surface area contributed by atoms with Gasteiger partial charge in [0.1, 0.15) is 0 Å². The van der Waals surface area contributed by atoms with Gasteiger partial charge in [0, 0.05) is 32.6 Å². The van der Waals surface area contributed by atoms with Crippen molar-refractivity contribution in [1.82, 2.24) is 9.21 Å². The minimum Gasteiger partial charge on any atom is -0.341 e. The van der Waals surface area contributed by atoms with Crippen molar-refractivity contribution < 1.29 is 13.2 Å². The first-order valence-corrected chi connectivity index (χ1v) is 7.19. The zero-order valence-corrected chi connectivity index (χ0v) is 10.5. The Morgan fingerprint density at radius 2 is 2.12 bits per heavy atom. The summed E-state index contributed by atoms with van der Waals surface area (Å²) in [5.74, 6) is -0.00731. The zero-order chi connectivity index (χ0) is 12.3. The highest BCUT2D eigenvalue weighted by molar-refractivity contribution is 7.88. The lowest BCUT2D eigenvalue weighted by Gasteiger charge is -2.28. The van der Waals surface area contributed by atoms with Crippen molar-refractivity contribution in [3.63, 3.8) is 0 Å². The van der Waals surface area contributed by atoms with E-state index in [1.165, 1.54) is 4.31 Å². The van der Waals surface area contributed by atoms with Crippen LogP contribution in [-0.2, 0) is 14.8 Å². The molecular formula is C9H19N3O3S. The summed E-state index contributed by atoms with van der Waals surface area (Å²) < 4.78 is 24.4. The van der Waals surface area contributed by atoms with Crippen LogP contribution in [-0.4, -0.2) is 62.0 Å². The van der Waals surface area contributed by atoms with E-state index in [0.717, 1.165) is 6.26 Å². The number of rotatable bonds is 3. The van der Waals surface area contributed by atoms with Gasteiger partial charge in [-0.25, -0.2) is 8.42 Å². The van der Waals surface area contributed by atoms with Crippen molar-refractivity contribution in [3.8, 4) is 0 Å². The molecule has 1 heterocycles. The Labute approximate surface area is 96.4 Å². The number of likely N-dealkylation sites (N-methyl/N-ethyl adjacent to an activating group) is 1. The van der Waals surface area contributed by atoms with Gasteiger partial charge in [0.2, 0.25) is 15.9 Å². The lowest BCUT2D eigenvalue weighted by Crippen LogP contribution is -2.48. The van der Waals surface area contributed by atoms with Crippen molar-refractivity contribution in [2.45, 2.75) is 19.4 Å². The number of hydrogen-bond acceptors (Lipinski definition) is 4. The van der Waals surface area contributed by atoms with Gasteiger partial charge in [0.25, 0.3) is 0 Å². The highest BCUT2D eigenvalue weighted by Crippen LogP contribution is 2.13. The molecule has 16 heavy (non-hydrogen) atoms. The fraction of sp³-hybridized carbons (Fsp3) is 0.889. The molecule has 7 heteroatoms. The third-order valence-corrected chi connectivity index (χ3v) is 4.15. The molecule has 1 saturated heterocycles. The van der Waals surface area contributed by atoms with Gasteiger partial charge in [-0.1, -0.05) is 0 Å². The van der Waals surface area contributed by atoms with Crippen LogP contribution in [0.25, 0.3) is 0 Å². The van der Waals surface area contributed by atoms with E-state index in [0.29, 0.717) is 13.1 Å². The zero-order valence-electron chi connectivity index (χ0n) is 9.72. The Bertz CT molecular complexity index is 355. The first kappa shape index (κ1) is 13.4. The summed E-state index contributed by atoms with van der Waals surface area (Å²) in [6, 6.07) is -0.304. The third-order valence-electron chi connectivity index (χ3n) is 2.82. The van der Waals surface area contributed by atoms with Crippen LogP contribution in [0.5, 0.6) is 0 Å². The molecule has 1 atom stereocenters. The molecule has 1 amide bonds. The fourth-order valence-corrected chi connectivity index (χ4v) is 3.05. The summed E-state index contributed by atoms with van der Waals surface area (Å²) in [5, 5.41) is 0. The van der Waals surface area contributed by atoms with Crippen LogP contribution in [0.4, 0.5) is 0 Å². The second kappa shape index (κ2) is 5.11. The maximum absolute atomic E-state index is 11.6. The smallest absolute Gasteiger partial charge is 0.223 e. The van der Waals surface area contributed by atoms with Crippen molar-refractivity contribution >= 4 is 15.9 Å². The Hall–Kier alpha value is -0.660. The first-order valence-electron chi connectivity index (χ1n) is 5.34. The molecule has 1 fully saturated rings. The molecule has 1 aliphatic rings. The van der Waals surface area contributed by atoms with E-state index < -0.39 is 10.0 Å². The molecule has 0 bridgehead atoms. The molecule has 2 N–H and O–H groups in total. The molecule has 6 nitrogen and oxygen atoms in total. The van der Waals surface area contributed by atoms with Crippen molar-refractivity contribution in [1.29, 1.82) is 0 Å². The molecule has 0 aromatic rings. The molecule has 0 unspecified atom stereocenters.